The summed E-state index contributed by atoms with van der Waals surface area (Å²) in [5.74, 6) is -1.02. The number of benzene rings is 3. The Morgan fingerprint density at radius 3 is 2.38 bits per heavy atom. The van der Waals surface area contributed by atoms with Crippen molar-refractivity contribution in [2.75, 3.05) is 11.5 Å². The SMILES string of the molecule is C[C@@H](/C=C/CCn1cc(C(CO)c2ccccc2)nn1)[C@]1(O)C(=O)N(c2ccccc2)c2ccccc21. The number of allylic oxidation sites excluding steroid dienone is 1. The molecule has 1 amide bonds. The molecular weight excluding hydrogens is 464 g/mol. The van der Waals surface area contributed by atoms with E-state index in [-0.39, 0.29) is 18.4 Å². The molecule has 1 aromatic heterocycles. The number of hydrogen-bond donors (Lipinski definition) is 2. The van der Waals surface area contributed by atoms with Crippen LogP contribution < -0.4 is 4.90 Å². The smallest absolute Gasteiger partial charge is 0.268 e. The molecule has 0 bridgehead atoms. The summed E-state index contributed by atoms with van der Waals surface area (Å²) >= 11 is 0. The Morgan fingerprint density at radius 1 is 0.973 bits per heavy atom. The second-order valence-corrected chi connectivity index (χ2v) is 9.32. The zero-order valence-corrected chi connectivity index (χ0v) is 20.7. The highest BCUT2D eigenvalue weighted by atomic mass is 16.3. The van der Waals surface area contributed by atoms with Crippen molar-refractivity contribution < 1.29 is 15.0 Å². The van der Waals surface area contributed by atoms with Crippen LogP contribution in [0.25, 0.3) is 0 Å². The van der Waals surface area contributed by atoms with Crippen LogP contribution in [0.2, 0.25) is 0 Å². The number of hydrogen-bond acceptors (Lipinski definition) is 5. The predicted molar refractivity (Wildman–Crippen MR) is 142 cm³/mol. The number of fused-ring (bicyclic) bond motifs is 1. The van der Waals surface area contributed by atoms with Gasteiger partial charge in [0.1, 0.15) is 0 Å². The molecule has 1 aliphatic rings. The fourth-order valence-corrected chi connectivity index (χ4v) is 4.94. The van der Waals surface area contributed by atoms with Crippen molar-refractivity contribution in [3.05, 3.63) is 120 Å². The van der Waals surface area contributed by atoms with E-state index in [9.17, 15) is 15.0 Å². The third-order valence-corrected chi connectivity index (χ3v) is 7.01. The van der Waals surface area contributed by atoms with E-state index in [1.807, 2.05) is 110 Å². The number of nitrogens with zero attached hydrogens (tertiary/aromatic N) is 4. The molecule has 1 unspecified atom stereocenters. The molecule has 4 aromatic rings. The standard InChI is InChI=1S/C30H30N4O3/c1-22(12-10-11-19-33-20-27(31-32-33)25(21-35)23-13-4-2-5-14-23)30(37)26-17-8-9-18-28(26)34(29(30)36)24-15-6-3-7-16-24/h2-10,12-18,20,22,25,35,37H,11,19,21H2,1H3/b12-10+/t22-,25?,30+/m0/s1. The van der Waals surface area contributed by atoms with E-state index in [0.29, 0.717) is 24.2 Å². The molecule has 0 saturated heterocycles. The van der Waals surface area contributed by atoms with Gasteiger partial charge in [0.2, 0.25) is 0 Å². The molecule has 0 spiro atoms. The number of para-hydroxylation sites is 2. The largest absolute Gasteiger partial charge is 0.395 e. The molecule has 0 fully saturated rings. The van der Waals surface area contributed by atoms with Crippen molar-refractivity contribution in [3.8, 4) is 0 Å². The van der Waals surface area contributed by atoms with Gasteiger partial charge in [-0.2, -0.15) is 0 Å². The summed E-state index contributed by atoms with van der Waals surface area (Å²) in [6.45, 7) is 2.40. The topological polar surface area (TPSA) is 91.5 Å². The van der Waals surface area contributed by atoms with Crippen LogP contribution in [0.4, 0.5) is 11.4 Å². The van der Waals surface area contributed by atoms with E-state index in [1.165, 1.54) is 0 Å². The van der Waals surface area contributed by atoms with Gasteiger partial charge in [0.05, 0.1) is 23.9 Å². The summed E-state index contributed by atoms with van der Waals surface area (Å²) in [6, 6.07) is 26.6. The molecule has 188 valence electrons. The first-order valence-electron chi connectivity index (χ1n) is 12.5. The van der Waals surface area contributed by atoms with Crippen LogP contribution in [0.5, 0.6) is 0 Å². The average molecular weight is 495 g/mol. The minimum absolute atomic E-state index is 0.0474. The average Bonchev–Trinajstić information content (AvgIpc) is 3.49. The van der Waals surface area contributed by atoms with Crippen LogP contribution in [-0.4, -0.2) is 37.7 Å². The summed E-state index contributed by atoms with van der Waals surface area (Å²) in [6.07, 6.45) is 6.36. The maximum atomic E-state index is 13.6. The summed E-state index contributed by atoms with van der Waals surface area (Å²) in [7, 11) is 0. The molecule has 2 N–H and O–H groups in total. The second-order valence-electron chi connectivity index (χ2n) is 9.32. The van der Waals surface area contributed by atoms with Crippen molar-refractivity contribution in [1.29, 1.82) is 0 Å². The monoisotopic (exact) mass is 494 g/mol. The first kappa shape index (κ1) is 24.6. The van der Waals surface area contributed by atoms with Crippen molar-refractivity contribution in [2.45, 2.75) is 31.4 Å². The first-order valence-corrected chi connectivity index (χ1v) is 12.5. The fourth-order valence-electron chi connectivity index (χ4n) is 4.94. The summed E-state index contributed by atoms with van der Waals surface area (Å²) in [5, 5.41) is 30.1. The van der Waals surface area contributed by atoms with Crippen molar-refractivity contribution in [3.63, 3.8) is 0 Å². The minimum Gasteiger partial charge on any atom is -0.395 e. The second kappa shape index (κ2) is 10.5. The summed E-state index contributed by atoms with van der Waals surface area (Å²) in [4.78, 5) is 15.2. The van der Waals surface area contributed by atoms with Crippen LogP contribution in [-0.2, 0) is 16.9 Å². The van der Waals surface area contributed by atoms with Crippen LogP contribution in [0.3, 0.4) is 0 Å². The molecular formula is C30H30N4O3. The fraction of sp³-hybridized carbons (Fsp3) is 0.233. The van der Waals surface area contributed by atoms with E-state index in [4.69, 9.17) is 0 Å². The summed E-state index contributed by atoms with van der Waals surface area (Å²) < 4.78 is 1.75. The van der Waals surface area contributed by atoms with Gasteiger partial charge >= 0.3 is 0 Å². The van der Waals surface area contributed by atoms with Gasteiger partial charge in [-0.1, -0.05) is 91.0 Å². The van der Waals surface area contributed by atoms with Crippen LogP contribution >= 0.6 is 0 Å². The van der Waals surface area contributed by atoms with Crippen LogP contribution in [0.1, 0.15) is 36.1 Å². The number of amides is 1. The normalized spacial score (nSPS) is 18.8. The molecule has 3 aromatic carbocycles. The van der Waals surface area contributed by atoms with E-state index >= 15 is 0 Å². The predicted octanol–water partition coefficient (Wildman–Crippen LogP) is 4.55. The molecule has 7 nitrogen and oxygen atoms in total. The van der Waals surface area contributed by atoms with Crippen molar-refractivity contribution >= 4 is 17.3 Å². The Kier molecular flexibility index (Phi) is 6.99. The maximum Gasteiger partial charge on any atom is 0.268 e. The van der Waals surface area contributed by atoms with Gasteiger partial charge in [-0.3, -0.25) is 14.4 Å². The number of anilines is 2. The molecule has 1 aliphatic heterocycles. The van der Waals surface area contributed by atoms with Gasteiger partial charge in [-0.25, -0.2) is 0 Å². The Balaban J connectivity index is 1.28. The lowest BCUT2D eigenvalue weighted by atomic mass is 9.83. The molecule has 37 heavy (non-hydrogen) atoms. The third kappa shape index (κ3) is 4.59. The Morgan fingerprint density at radius 2 is 1.65 bits per heavy atom. The van der Waals surface area contributed by atoms with Gasteiger partial charge in [-0.05, 0) is 30.2 Å². The van der Waals surface area contributed by atoms with E-state index in [1.54, 1.807) is 9.58 Å². The number of aromatic nitrogens is 3. The molecule has 5 rings (SSSR count). The number of rotatable bonds is 9. The number of carbonyl (C=O) groups is 1. The molecule has 3 atom stereocenters. The quantitative estimate of drug-likeness (QED) is 0.333. The van der Waals surface area contributed by atoms with Gasteiger partial charge in [0, 0.05) is 29.9 Å². The third-order valence-electron chi connectivity index (χ3n) is 7.01. The molecule has 7 heteroatoms. The highest BCUT2D eigenvalue weighted by molar-refractivity contribution is 6.12. The maximum absolute atomic E-state index is 13.6. The van der Waals surface area contributed by atoms with Crippen molar-refractivity contribution in [2.24, 2.45) is 5.92 Å². The Hall–Kier alpha value is -4.07. The molecule has 0 radical (unpaired) electrons. The highest BCUT2D eigenvalue weighted by Crippen LogP contribution is 2.48. The lowest BCUT2D eigenvalue weighted by molar-refractivity contribution is -0.138. The molecule has 2 heterocycles. The number of aliphatic hydroxyl groups is 2. The lowest BCUT2D eigenvalue weighted by Crippen LogP contribution is -2.42. The number of carbonyl (C=O) groups excluding carboxylic acids is 1. The summed E-state index contributed by atoms with van der Waals surface area (Å²) in [5.41, 5.74) is 2.09. The zero-order chi connectivity index (χ0) is 25.8. The zero-order valence-electron chi connectivity index (χ0n) is 20.7. The minimum atomic E-state index is -1.66. The van der Waals surface area contributed by atoms with E-state index < -0.39 is 11.5 Å². The van der Waals surface area contributed by atoms with Gasteiger partial charge < -0.3 is 10.2 Å². The number of aryl methyl sites for hydroxylation is 1. The van der Waals surface area contributed by atoms with E-state index in [0.717, 1.165) is 16.9 Å². The van der Waals surface area contributed by atoms with Gasteiger partial charge in [0.15, 0.2) is 5.60 Å². The highest BCUT2D eigenvalue weighted by Gasteiger charge is 2.52. The Bertz CT molecular complexity index is 1390. The van der Waals surface area contributed by atoms with Gasteiger partial charge in [0.25, 0.3) is 5.91 Å². The Labute approximate surface area is 216 Å². The van der Waals surface area contributed by atoms with Gasteiger partial charge in [-0.15, -0.1) is 5.10 Å². The first-order chi connectivity index (χ1) is 18.0. The molecule has 0 saturated carbocycles. The molecule has 0 aliphatic carbocycles. The number of aliphatic hydroxyl groups excluding tert-OH is 1. The van der Waals surface area contributed by atoms with E-state index in [2.05, 4.69) is 10.3 Å². The lowest BCUT2D eigenvalue weighted by Gasteiger charge is -2.27. The van der Waals surface area contributed by atoms with Crippen LogP contribution in [0.15, 0.2) is 103 Å². The van der Waals surface area contributed by atoms with Crippen LogP contribution in [0, 0.1) is 5.92 Å². The van der Waals surface area contributed by atoms with Crippen molar-refractivity contribution in [1.82, 2.24) is 15.0 Å².